The number of rotatable bonds is 5. The summed E-state index contributed by atoms with van der Waals surface area (Å²) in [5.74, 6) is -4.48. The molecule has 49 heavy (non-hydrogen) atoms. The zero-order valence-electron chi connectivity index (χ0n) is 26.0. The molecule has 0 aliphatic carbocycles. The van der Waals surface area contributed by atoms with E-state index in [0.717, 1.165) is 68.5 Å². The quantitative estimate of drug-likeness (QED) is 0.169. The smallest absolute Gasteiger partial charge is 0.324 e. The van der Waals surface area contributed by atoms with Gasteiger partial charge in [0.15, 0.2) is 0 Å². The number of alkyl halides is 6. The van der Waals surface area contributed by atoms with E-state index in [2.05, 4.69) is 5.32 Å². The standard InChI is InChI=1S/C34H27F6N3O4S2/c1-32(2,3)18-13-11-17(12-14-18)24-25-26(29(46)43(28(25)45)20-8-6-7-19(15-20)33(35,36)37)48-30-27(24)49-31(47)42(30)16-23(44)41-22-10-5-4-9-21(22)34(38,39)40/h4-15,24-26H,16H2,1-3H3,(H,41,44)/t24-,25-,26+/m0/s1. The van der Waals surface area contributed by atoms with Crippen LogP contribution < -0.4 is 15.1 Å². The first-order valence-corrected chi connectivity index (χ1v) is 16.6. The van der Waals surface area contributed by atoms with Gasteiger partial charge in [-0.15, -0.1) is 0 Å². The summed E-state index contributed by atoms with van der Waals surface area (Å²) in [5.41, 5.74) is -1.61. The molecule has 3 heterocycles. The Balaban J connectivity index is 1.42. The minimum atomic E-state index is -4.76. The lowest BCUT2D eigenvalue weighted by Gasteiger charge is -2.31. The fourth-order valence-electron chi connectivity index (χ4n) is 6.05. The third-order valence-electron chi connectivity index (χ3n) is 8.43. The summed E-state index contributed by atoms with van der Waals surface area (Å²) in [6, 6.07) is 15.5. The van der Waals surface area contributed by atoms with Crippen molar-refractivity contribution in [3.05, 3.63) is 110 Å². The number of thiazole rings is 1. The predicted octanol–water partition coefficient (Wildman–Crippen LogP) is 7.68. The Kier molecular flexibility index (Phi) is 8.58. The SMILES string of the molecule is CC(C)(C)c1ccc([C@@H]2c3sc(=O)n(CC(=O)Nc4ccccc4C(F)(F)F)c3S[C@H]3C(=O)N(c4cccc(C(F)(F)F)c4)C(=O)[C@@H]23)cc1. The zero-order valence-corrected chi connectivity index (χ0v) is 27.6. The van der Waals surface area contributed by atoms with Gasteiger partial charge in [0.25, 0.3) is 0 Å². The van der Waals surface area contributed by atoms with E-state index < -0.39 is 75.4 Å². The molecule has 15 heteroatoms. The number of para-hydroxylation sites is 1. The number of fused-ring (bicyclic) bond motifs is 2. The molecular weight excluding hydrogens is 693 g/mol. The number of carbonyl (C=O) groups is 3. The molecule has 0 saturated carbocycles. The fourth-order valence-corrected chi connectivity index (χ4v) is 8.83. The Bertz CT molecular complexity index is 2030. The second-order valence-corrected chi connectivity index (χ2v) is 14.8. The molecule has 1 saturated heterocycles. The molecule has 7 nitrogen and oxygen atoms in total. The molecule has 3 aromatic carbocycles. The number of nitrogens with one attached hydrogen (secondary N) is 1. The topological polar surface area (TPSA) is 88.5 Å². The average Bonchev–Trinajstić information content (AvgIpc) is 3.46. The minimum absolute atomic E-state index is 0.174. The van der Waals surface area contributed by atoms with Gasteiger partial charge >= 0.3 is 17.2 Å². The van der Waals surface area contributed by atoms with Crippen LogP contribution in [0.15, 0.2) is 82.6 Å². The van der Waals surface area contributed by atoms with Gasteiger partial charge in [-0.2, -0.15) is 26.3 Å². The van der Waals surface area contributed by atoms with Crippen molar-refractivity contribution in [2.24, 2.45) is 5.92 Å². The van der Waals surface area contributed by atoms with Crippen molar-refractivity contribution in [1.29, 1.82) is 0 Å². The van der Waals surface area contributed by atoms with Crippen molar-refractivity contribution in [2.45, 2.75) is 61.3 Å². The Labute approximate surface area is 283 Å². The number of benzene rings is 3. The van der Waals surface area contributed by atoms with Crippen molar-refractivity contribution >= 4 is 52.2 Å². The van der Waals surface area contributed by atoms with E-state index in [-0.39, 0.29) is 16.1 Å². The number of thioether (sulfide) groups is 1. The molecule has 2 aliphatic heterocycles. The monoisotopic (exact) mass is 719 g/mol. The number of hydrogen-bond acceptors (Lipinski definition) is 6. The largest absolute Gasteiger partial charge is 0.418 e. The van der Waals surface area contributed by atoms with Crippen molar-refractivity contribution in [1.82, 2.24) is 4.57 Å². The summed E-state index contributed by atoms with van der Waals surface area (Å²) in [7, 11) is 0. The molecule has 1 N–H and O–H groups in total. The summed E-state index contributed by atoms with van der Waals surface area (Å²) in [6.45, 7) is 5.31. The van der Waals surface area contributed by atoms with Gasteiger partial charge in [-0.1, -0.05) is 86.3 Å². The Morgan fingerprint density at radius 3 is 2.12 bits per heavy atom. The number of aromatic nitrogens is 1. The van der Waals surface area contributed by atoms with Crippen LogP contribution in [-0.4, -0.2) is 27.5 Å². The van der Waals surface area contributed by atoms with Gasteiger partial charge in [0.1, 0.15) is 11.8 Å². The second kappa shape index (κ2) is 12.2. The molecular formula is C34H27F6N3O4S2. The van der Waals surface area contributed by atoms with Crippen molar-refractivity contribution < 1.29 is 40.7 Å². The summed E-state index contributed by atoms with van der Waals surface area (Å²) >= 11 is 1.57. The molecule has 6 rings (SSSR count). The highest BCUT2D eigenvalue weighted by Gasteiger charge is 2.57. The Hall–Kier alpha value is -4.37. The summed E-state index contributed by atoms with van der Waals surface area (Å²) < 4.78 is 82.5. The highest BCUT2D eigenvalue weighted by atomic mass is 32.2. The fraction of sp³-hybridized carbons (Fsp3) is 0.294. The van der Waals surface area contributed by atoms with Crippen LogP contribution in [0.1, 0.15) is 53.8 Å². The van der Waals surface area contributed by atoms with Crippen molar-refractivity contribution in [3.63, 3.8) is 0 Å². The van der Waals surface area contributed by atoms with Crippen LogP contribution in [0.4, 0.5) is 37.7 Å². The third-order valence-corrected chi connectivity index (χ3v) is 11.0. The first-order valence-electron chi connectivity index (χ1n) is 14.9. The average molecular weight is 720 g/mol. The second-order valence-electron chi connectivity index (χ2n) is 12.7. The molecule has 0 spiro atoms. The molecule has 3 atom stereocenters. The zero-order chi connectivity index (χ0) is 35.6. The summed E-state index contributed by atoms with van der Waals surface area (Å²) in [5, 5.41) is 1.21. The summed E-state index contributed by atoms with van der Waals surface area (Å²) in [4.78, 5) is 55.0. The molecule has 1 aromatic heterocycles. The number of carbonyl (C=O) groups excluding carboxylic acids is 3. The van der Waals surface area contributed by atoms with E-state index in [1.807, 2.05) is 32.9 Å². The van der Waals surface area contributed by atoms with Crippen LogP contribution in [0.25, 0.3) is 0 Å². The number of imide groups is 1. The number of halogens is 6. The van der Waals surface area contributed by atoms with Gasteiger partial charge < -0.3 is 5.32 Å². The van der Waals surface area contributed by atoms with E-state index in [1.54, 1.807) is 12.1 Å². The van der Waals surface area contributed by atoms with Crippen LogP contribution in [-0.2, 0) is 38.7 Å². The maximum Gasteiger partial charge on any atom is 0.418 e. The lowest BCUT2D eigenvalue weighted by atomic mass is 9.81. The third kappa shape index (κ3) is 6.41. The molecule has 0 radical (unpaired) electrons. The van der Waals surface area contributed by atoms with E-state index in [9.17, 15) is 45.5 Å². The van der Waals surface area contributed by atoms with Crippen molar-refractivity contribution in [3.8, 4) is 0 Å². The molecule has 0 unspecified atom stereocenters. The first-order chi connectivity index (χ1) is 22.9. The van der Waals surface area contributed by atoms with Gasteiger partial charge in [0.2, 0.25) is 17.7 Å². The molecule has 4 aromatic rings. The van der Waals surface area contributed by atoms with Crippen LogP contribution in [0.3, 0.4) is 0 Å². The minimum Gasteiger partial charge on any atom is -0.324 e. The van der Waals surface area contributed by atoms with Gasteiger partial charge in [-0.25, -0.2) is 4.90 Å². The highest BCUT2D eigenvalue weighted by molar-refractivity contribution is 8.00. The molecule has 2 aliphatic rings. The van der Waals surface area contributed by atoms with Crippen LogP contribution in [0, 0.1) is 5.92 Å². The van der Waals surface area contributed by atoms with E-state index in [1.165, 1.54) is 18.2 Å². The molecule has 1 fully saturated rings. The van der Waals surface area contributed by atoms with Gasteiger partial charge in [-0.05, 0) is 46.9 Å². The lowest BCUT2D eigenvalue weighted by molar-refractivity contribution is -0.138. The first kappa shape index (κ1) is 34.5. The van der Waals surface area contributed by atoms with Gasteiger partial charge in [0, 0.05) is 10.8 Å². The number of nitrogens with zero attached hydrogens (tertiary/aromatic N) is 2. The maximum absolute atomic E-state index is 14.1. The predicted molar refractivity (Wildman–Crippen MR) is 173 cm³/mol. The lowest BCUT2D eigenvalue weighted by Crippen LogP contribution is -2.33. The molecule has 3 amide bonds. The molecule has 0 bridgehead atoms. The van der Waals surface area contributed by atoms with Crippen LogP contribution in [0.2, 0.25) is 0 Å². The number of hydrogen-bond donors (Lipinski definition) is 1. The molecule has 256 valence electrons. The Morgan fingerprint density at radius 1 is 0.816 bits per heavy atom. The van der Waals surface area contributed by atoms with Crippen LogP contribution >= 0.6 is 23.1 Å². The number of anilines is 2. The number of amides is 3. The van der Waals surface area contributed by atoms with E-state index in [0.29, 0.717) is 10.4 Å². The highest BCUT2D eigenvalue weighted by Crippen LogP contribution is 2.54. The van der Waals surface area contributed by atoms with E-state index in [4.69, 9.17) is 0 Å². The van der Waals surface area contributed by atoms with Gasteiger partial charge in [0.05, 0.1) is 33.4 Å². The summed E-state index contributed by atoms with van der Waals surface area (Å²) in [6.07, 6.45) is -9.49. The van der Waals surface area contributed by atoms with E-state index >= 15 is 0 Å². The van der Waals surface area contributed by atoms with Crippen molar-refractivity contribution in [2.75, 3.05) is 10.2 Å². The van der Waals surface area contributed by atoms with Gasteiger partial charge in [-0.3, -0.25) is 23.7 Å². The van der Waals surface area contributed by atoms with Crippen LogP contribution in [0.5, 0.6) is 0 Å². The Morgan fingerprint density at radius 2 is 1.49 bits per heavy atom. The normalized spacial score (nSPS) is 19.5. The maximum atomic E-state index is 14.1.